The summed E-state index contributed by atoms with van der Waals surface area (Å²) in [6.07, 6.45) is 0.306. The van der Waals surface area contributed by atoms with Crippen LogP contribution in [0.4, 0.5) is 21.3 Å². The number of carbonyl (C=O) groups is 2. The minimum absolute atomic E-state index is 0.306. The average Bonchev–Trinajstić information content (AvgIpc) is 3.38. The van der Waals surface area contributed by atoms with Gasteiger partial charge in [0.2, 0.25) is 11.0 Å². The fraction of sp³-hybridized carbons (Fsp3) is 0.185. The third-order valence-electron chi connectivity index (χ3n) is 5.54. The van der Waals surface area contributed by atoms with Crippen molar-refractivity contribution in [2.45, 2.75) is 12.5 Å². The number of hydrogen-bond acceptors (Lipinski definition) is 7. The first-order valence-electron chi connectivity index (χ1n) is 11.6. The zero-order valence-corrected chi connectivity index (χ0v) is 21.6. The number of amides is 3. The van der Waals surface area contributed by atoms with Crippen molar-refractivity contribution < 1.29 is 14.3 Å². The van der Waals surface area contributed by atoms with Crippen molar-refractivity contribution in [2.75, 3.05) is 36.7 Å². The van der Waals surface area contributed by atoms with E-state index >= 15 is 0 Å². The zero-order valence-electron chi connectivity index (χ0n) is 20.8. The highest BCUT2D eigenvalue weighted by molar-refractivity contribution is 7.18. The second kappa shape index (κ2) is 12.0. The van der Waals surface area contributed by atoms with Crippen LogP contribution in [0.15, 0.2) is 78.9 Å². The molecular weight excluding hydrogens is 488 g/mol. The Labute approximate surface area is 219 Å². The van der Waals surface area contributed by atoms with Gasteiger partial charge < -0.3 is 20.3 Å². The van der Waals surface area contributed by atoms with E-state index < -0.39 is 12.1 Å². The molecule has 37 heavy (non-hydrogen) atoms. The number of aromatic nitrogens is 2. The standard InChI is InChI=1S/C27H28N6O3S/c1-33(2)21-13-9-19(10-14-21)25-31-32-27(37-25)30-24(34)23(17-18-7-5-4-6-8-18)29-26(35)28-20-11-15-22(36-3)16-12-20/h4-16,23H,17H2,1-3H3,(H2,28,29,35)(H,30,32,34). The van der Waals surface area contributed by atoms with Crippen LogP contribution in [0.1, 0.15) is 5.56 Å². The van der Waals surface area contributed by atoms with E-state index in [0.717, 1.165) is 16.8 Å². The van der Waals surface area contributed by atoms with Crippen LogP contribution in [0.5, 0.6) is 5.75 Å². The smallest absolute Gasteiger partial charge is 0.319 e. The van der Waals surface area contributed by atoms with Gasteiger partial charge in [-0.05, 0) is 54.1 Å². The molecule has 9 nitrogen and oxygen atoms in total. The summed E-state index contributed by atoms with van der Waals surface area (Å²) in [7, 11) is 5.53. The monoisotopic (exact) mass is 516 g/mol. The van der Waals surface area contributed by atoms with E-state index in [-0.39, 0.29) is 5.91 Å². The molecule has 0 aliphatic heterocycles. The molecule has 190 valence electrons. The molecule has 10 heteroatoms. The Morgan fingerprint density at radius 3 is 2.27 bits per heavy atom. The lowest BCUT2D eigenvalue weighted by Gasteiger charge is -2.18. The average molecular weight is 517 g/mol. The van der Waals surface area contributed by atoms with Gasteiger partial charge in [-0.3, -0.25) is 10.1 Å². The summed E-state index contributed by atoms with van der Waals surface area (Å²) in [5, 5.41) is 17.7. The van der Waals surface area contributed by atoms with E-state index in [1.165, 1.54) is 11.3 Å². The van der Waals surface area contributed by atoms with Gasteiger partial charge in [-0.15, -0.1) is 10.2 Å². The number of rotatable bonds is 9. The van der Waals surface area contributed by atoms with Crippen molar-refractivity contribution >= 4 is 39.8 Å². The van der Waals surface area contributed by atoms with Crippen LogP contribution >= 0.6 is 11.3 Å². The second-order valence-electron chi connectivity index (χ2n) is 8.41. The van der Waals surface area contributed by atoms with Crippen LogP contribution in [-0.2, 0) is 11.2 Å². The number of carbonyl (C=O) groups excluding carboxylic acids is 2. The van der Waals surface area contributed by atoms with Crippen molar-refractivity contribution in [2.24, 2.45) is 0 Å². The van der Waals surface area contributed by atoms with Crippen LogP contribution in [0.3, 0.4) is 0 Å². The largest absolute Gasteiger partial charge is 0.497 e. The van der Waals surface area contributed by atoms with Crippen LogP contribution in [0.2, 0.25) is 0 Å². The molecular formula is C27H28N6O3S. The molecule has 0 spiro atoms. The Morgan fingerprint density at radius 2 is 1.62 bits per heavy atom. The van der Waals surface area contributed by atoms with E-state index in [2.05, 4.69) is 26.1 Å². The third-order valence-corrected chi connectivity index (χ3v) is 6.43. The first-order valence-corrected chi connectivity index (χ1v) is 12.4. The number of ether oxygens (including phenoxy) is 1. The highest BCUT2D eigenvalue weighted by Gasteiger charge is 2.23. The lowest BCUT2D eigenvalue weighted by Crippen LogP contribution is -2.46. The molecule has 1 unspecified atom stereocenters. The number of hydrogen-bond donors (Lipinski definition) is 3. The predicted molar refractivity (Wildman–Crippen MR) is 147 cm³/mol. The summed E-state index contributed by atoms with van der Waals surface area (Å²) in [5.74, 6) is 0.289. The molecule has 0 aliphatic rings. The van der Waals surface area contributed by atoms with Crippen molar-refractivity contribution in [3.05, 3.63) is 84.4 Å². The van der Waals surface area contributed by atoms with Gasteiger partial charge in [0.25, 0.3) is 0 Å². The maximum absolute atomic E-state index is 13.2. The van der Waals surface area contributed by atoms with Crippen molar-refractivity contribution in [3.63, 3.8) is 0 Å². The molecule has 1 atom stereocenters. The Morgan fingerprint density at radius 1 is 0.919 bits per heavy atom. The van der Waals surface area contributed by atoms with Crippen molar-refractivity contribution in [1.82, 2.24) is 15.5 Å². The number of urea groups is 1. The summed E-state index contributed by atoms with van der Waals surface area (Å²) in [4.78, 5) is 28.0. The Balaban J connectivity index is 1.45. The summed E-state index contributed by atoms with van der Waals surface area (Å²) >= 11 is 1.27. The predicted octanol–water partition coefficient (Wildman–Crippen LogP) is 4.65. The van der Waals surface area contributed by atoms with Gasteiger partial charge in [-0.25, -0.2) is 4.79 Å². The van der Waals surface area contributed by atoms with Crippen molar-refractivity contribution in [3.8, 4) is 16.3 Å². The summed E-state index contributed by atoms with van der Waals surface area (Å²) in [6, 6.07) is 23.0. The lowest BCUT2D eigenvalue weighted by atomic mass is 10.1. The maximum atomic E-state index is 13.2. The molecule has 3 aromatic carbocycles. The first-order chi connectivity index (χ1) is 17.9. The highest BCUT2D eigenvalue weighted by atomic mass is 32.1. The number of nitrogens with one attached hydrogen (secondary N) is 3. The van der Waals surface area contributed by atoms with E-state index in [1.54, 1.807) is 31.4 Å². The fourth-order valence-corrected chi connectivity index (χ4v) is 4.30. The molecule has 4 aromatic rings. The topological polar surface area (TPSA) is 108 Å². The molecule has 0 fully saturated rings. The molecule has 0 saturated heterocycles. The van der Waals surface area contributed by atoms with Gasteiger partial charge in [0, 0.05) is 37.5 Å². The van der Waals surface area contributed by atoms with Crippen LogP contribution < -0.4 is 25.6 Å². The SMILES string of the molecule is COc1ccc(NC(=O)NC(Cc2ccccc2)C(=O)Nc2nnc(-c3ccc(N(C)C)cc3)s2)cc1. The Kier molecular flexibility index (Phi) is 8.32. The van der Waals surface area contributed by atoms with E-state index in [9.17, 15) is 9.59 Å². The molecule has 4 rings (SSSR count). The van der Waals surface area contributed by atoms with Crippen LogP contribution in [-0.4, -0.2) is 49.4 Å². The molecule has 1 heterocycles. The van der Waals surface area contributed by atoms with E-state index in [4.69, 9.17) is 4.74 Å². The Bertz CT molecular complexity index is 1320. The molecule has 3 amide bonds. The van der Waals surface area contributed by atoms with Gasteiger partial charge in [0.05, 0.1) is 7.11 Å². The first kappa shape index (κ1) is 25.6. The molecule has 0 radical (unpaired) electrons. The van der Waals surface area contributed by atoms with Crippen molar-refractivity contribution in [1.29, 1.82) is 0 Å². The quantitative estimate of drug-likeness (QED) is 0.299. The summed E-state index contributed by atoms with van der Waals surface area (Å²) in [5.41, 5.74) is 3.46. The number of anilines is 3. The van der Waals surface area contributed by atoms with Gasteiger partial charge in [-0.1, -0.05) is 41.7 Å². The van der Waals surface area contributed by atoms with Gasteiger partial charge in [0.15, 0.2) is 0 Å². The highest BCUT2D eigenvalue weighted by Crippen LogP contribution is 2.28. The fourth-order valence-electron chi connectivity index (χ4n) is 3.54. The van der Waals surface area contributed by atoms with E-state index in [1.807, 2.05) is 73.6 Å². The minimum Gasteiger partial charge on any atom is -0.497 e. The molecule has 0 aliphatic carbocycles. The minimum atomic E-state index is -0.840. The molecule has 0 bridgehead atoms. The second-order valence-corrected chi connectivity index (χ2v) is 9.39. The number of benzene rings is 3. The third kappa shape index (κ3) is 7.05. The number of nitrogens with zero attached hydrogens (tertiary/aromatic N) is 3. The maximum Gasteiger partial charge on any atom is 0.319 e. The Hall–Kier alpha value is -4.44. The number of methoxy groups -OCH3 is 1. The molecule has 0 saturated carbocycles. The molecule has 1 aromatic heterocycles. The normalized spacial score (nSPS) is 11.3. The van der Waals surface area contributed by atoms with Crippen LogP contribution in [0.25, 0.3) is 10.6 Å². The zero-order chi connectivity index (χ0) is 26.2. The lowest BCUT2D eigenvalue weighted by molar-refractivity contribution is -0.117. The van der Waals surface area contributed by atoms with Crippen LogP contribution in [0, 0.1) is 0 Å². The summed E-state index contributed by atoms with van der Waals surface area (Å²) in [6.45, 7) is 0. The summed E-state index contributed by atoms with van der Waals surface area (Å²) < 4.78 is 5.14. The van der Waals surface area contributed by atoms with Gasteiger partial charge in [-0.2, -0.15) is 0 Å². The molecule has 3 N–H and O–H groups in total. The van der Waals surface area contributed by atoms with Gasteiger partial charge >= 0.3 is 6.03 Å². The van der Waals surface area contributed by atoms with E-state index in [0.29, 0.717) is 28.0 Å². The van der Waals surface area contributed by atoms with Gasteiger partial charge in [0.1, 0.15) is 16.8 Å².